The molecule has 0 saturated heterocycles. The number of hydrogen-bond donors (Lipinski definition) is 1. The zero-order valence-corrected chi connectivity index (χ0v) is 7.91. The molecule has 1 N–H and O–H groups in total. The third-order valence-electron chi connectivity index (χ3n) is 0.408. The van der Waals surface area contributed by atoms with Crippen molar-refractivity contribution in [1.82, 2.24) is 5.09 Å². The van der Waals surface area contributed by atoms with Crippen LogP contribution in [-0.4, -0.2) is 6.04 Å². The van der Waals surface area contributed by atoms with E-state index in [0.29, 0.717) is 0 Å². The van der Waals surface area contributed by atoms with Gasteiger partial charge in [-0.15, -0.1) is 0 Å². The van der Waals surface area contributed by atoms with Crippen molar-refractivity contribution in [2.45, 2.75) is 19.9 Å². The van der Waals surface area contributed by atoms with Crippen molar-refractivity contribution in [2.24, 2.45) is 0 Å². The van der Waals surface area contributed by atoms with Crippen LogP contribution in [0.5, 0.6) is 0 Å². The van der Waals surface area contributed by atoms with E-state index in [9.17, 15) is 0 Å². The van der Waals surface area contributed by atoms with Crippen LogP contribution in [0.2, 0.25) is 0 Å². The zero-order chi connectivity index (χ0) is 6.78. The Morgan fingerprint density at radius 2 is 1.88 bits per heavy atom. The molecule has 0 unspecified atom stereocenters. The van der Waals surface area contributed by atoms with Crippen molar-refractivity contribution >= 4 is 39.2 Å². The fraction of sp³-hybridized carbons (Fsp3) is 1.00. The summed E-state index contributed by atoms with van der Waals surface area (Å²) in [6.07, 6.45) is 0. The Labute approximate surface area is 64.4 Å². The largest absolute Gasteiger partial charge is 0.263 e. The van der Waals surface area contributed by atoms with Gasteiger partial charge in [-0.2, -0.15) is 0 Å². The van der Waals surface area contributed by atoms with Crippen molar-refractivity contribution < 1.29 is 0 Å². The normalized spacial score (nSPS) is 12.6. The lowest BCUT2D eigenvalue weighted by Crippen LogP contribution is -2.14. The third kappa shape index (κ3) is 7.19. The summed E-state index contributed by atoms with van der Waals surface area (Å²) in [6.45, 7) is 3.90. The summed E-state index contributed by atoms with van der Waals surface area (Å²) in [5, 5.41) is 2.84. The lowest BCUT2D eigenvalue weighted by Gasteiger charge is -2.10. The minimum absolute atomic E-state index is 0.274. The summed E-state index contributed by atoms with van der Waals surface area (Å²) >= 11 is 15.7. The van der Waals surface area contributed by atoms with Gasteiger partial charge in [0, 0.05) is 6.04 Å². The first-order chi connectivity index (χ1) is 3.42. The smallest absolute Gasteiger partial charge is 0.181 e. The Balaban J connectivity index is 3.56. The van der Waals surface area contributed by atoms with Gasteiger partial charge in [0.1, 0.15) is 0 Å². The van der Waals surface area contributed by atoms with Gasteiger partial charge in [0.15, 0.2) is 4.89 Å². The molecule has 0 aliphatic rings. The molecule has 1 nitrogen and oxygen atoms in total. The van der Waals surface area contributed by atoms with Crippen molar-refractivity contribution in [1.29, 1.82) is 0 Å². The van der Waals surface area contributed by atoms with Gasteiger partial charge in [-0.25, -0.2) is 0 Å². The van der Waals surface area contributed by atoms with E-state index >= 15 is 0 Å². The second kappa shape index (κ2) is 3.38. The lowest BCUT2D eigenvalue weighted by atomic mass is 10.4. The fourth-order valence-corrected chi connectivity index (χ4v) is 2.71. The molecule has 0 rings (SSSR count). The monoisotopic (exact) mass is 191 g/mol. The minimum atomic E-state index is -2.19. The molecule has 0 atom stereocenters. The predicted octanol–water partition coefficient (Wildman–Crippen LogP) is 2.69. The highest BCUT2D eigenvalue weighted by Gasteiger charge is 2.07. The Morgan fingerprint density at radius 3 is 1.88 bits per heavy atom. The Kier molecular flexibility index (Phi) is 3.88. The van der Waals surface area contributed by atoms with Crippen LogP contribution >= 0.6 is 27.4 Å². The number of rotatable bonds is 2. The van der Waals surface area contributed by atoms with E-state index in [1.807, 2.05) is 13.8 Å². The second-order valence-electron chi connectivity index (χ2n) is 1.75. The SMILES string of the molecule is CC(C)NP(=S)(Cl)Cl. The molecule has 0 radical (unpaired) electrons. The van der Waals surface area contributed by atoms with Crippen LogP contribution in [0.3, 0.4) is 0 Å². The molecule has 0 aliphatic heterocycles. The highest BCUT2D eigenvalue weighted by atomic mass is 35.9. The minimum Gasteiger partial charge on any atom is -0.263 e. The molecular weight excluding hydrogens is 184 g/mol. The number of hydrogen-bond acceptors (Lipinski definition) is 1. The van der Waals surface area contributed by atoms with Crippen molar-refractivity contribution in [2.75, 3.05) is 0 Å². The van der Waals surface area contributed by atoms with Crippen molar-refractivity contribution in [3.63, 3.8) is 0 Å². The van der Waals surface area contributed by atoms with E-state index in [1.54, 1.807) is 0 Å². The van der Waals surface area contributed by atoms with Gasteiger partial charge in [0.05, 0.1) is 0 Å². The Bertz CT molecular complexity index is 110. The molecule has 0 fully saturated rings. The topological polar surface area (TPSA) is 12.0 Å². The standard InChI is InChI=1S/C3H8Cl2NPS/c1-3(2)6-7(4,5)8/h3H,1-2H3,(H,6,8). The first-order valence-electron chi connectivity index (χ1n) is 2.19. The number of halogens is 2. The summed E-state index contributed by atoms with van der Waals surface area (Å²) in [5.74, 6) is 0. The van der Waals surface area contributed by atoms with Crippen LogP contribution in [0.15, 0.2) is 0 Å². The van der Waals surface area contributed by atoms with Gasteiger partial charge in [-0.3, -0.25) is 5.09 Å². The van der Waals surface area contributed by atoms with E-state index in [-0.39, 0.29) is 6.04 Å². The summed E-state index contributed by atoms with van der Waals surface area (Å²) in [7, 11) is 0. The van der Waals surface area contributed by atoms with Gasteiger partial charge in [0.2, 0.25) is 0 Å². The van der Waals surface area contributed by atoms with Gasteiger partial charge < -0.3 is 0 Å². The molecule has 0 aromatic carbocycles. The Hall–Kier alpha value is 1.19. The summed E-state index contributed by atoms with van der Waals surface area (Å²) in [5.41, 5.74) is 0. The fourth-order valence-electron chi connectivity index (χ4n) is 0.301. The van der Waals surface area contributed by atoms with Crippen LogP contribution in [0.25, 0.3) is 0 Å². The molecule has 0 saturated carbocycles. The highest BCUT2D eigenvalue weighted by Crippen LogP contribution is 2.52. The molecule has 5 heteroatoms. The average Bonchev–Trinajstić information content (AvgIpc) is 1.21. The van der Waals surface area contributed by atoms with Crippen molar-refractivity contribution in [3.05, 3.63) is 0 Å². The molecule has 0 aliphatic carbocycles. The van der Waals surface area contributed by atoms with Gasteiger partial charge in [-0.05, 0) is 25.7 Å². The maximum absolute atomic E-state index is 5.51. The summed E-state index contributed by atoms with van der Waals surface area (Å²) in [4.78, 5) is -2.19. The molecule has 0 amide bonds. The van der Waals surface area contributed by atoms with Crippen LogP contribution in [-0.2, 0) is 11.8 Å². The van der Waals surface area contributed by atoms with Crippen LogP contribution in [0.4, 0.5) is 0 Å². The van der Waals surface area contributed by atoms with E-state index in [1.165, 1.54) is 0 Å². The zero-order valence-electron chi connectivity index (χ0n) is 4.69. The molecule has 0 aromatic rings. The van der Waals surface area contributed by atoms with Crippen LogP contribution in [0.1, 0.15) is 13.8 Å². The van der Waals surface area contributed by atoms with E-state index < -0.39 is 4.89 Å². The lowest BCUT2D eigenvalue weighted by molar-refractivity contribution is 0.768. The highest BCUT2D eigenvalue weighted by molar-refractivity contribution is 8.38. The summed E-state index contributed by atoms with van der Waals surface area (Å²) < 4.78 is 0. The quantitative estimate of drug-likeness (QED) is 0.675. The van der Waals surface area contributed by atoms with Gasteiger partial charge in [-0.1, -0.05) is 22.5 Å². The van der Waals surface area contributed by atoms with E-state index in [2.05, 4.69) is 5.09 Å². The predicted molar refractivity (Wildman–Crippen MR) is 44.3 cm³/mol. The van der Waals surface area contributed by atoms with Gasteiger partial charge in [0.25, 0.3) is 0 Å². The van der Waals surface area contributed by atoms with Crippen LogP contribution < -0.4 is 5.09 Å². The maximum Gasteiger partial charge on any atom is 0.181 e. The third-order valence-corrected chi connectivity index (χ3v) is 2.13. The van der Waals surface area contributed by atoms with E-state index in [4.69, 9.17) is 34.3 Å². The molecule has 0 bridgehead atoms. The second-order valence-corrected chi connectivity index (χ2v) is 9.34. The Morgan fingerprint density at radius 1 is 1.50 bits per heavy atom. The molecule has 0 heterocycles. The first-order valence-corrected chi connectivity index (χ1v) is 6.80. The first kappa shape index (κ1) is 9.19. The molecule has 8 heavy (non-hydrogen) atoms. The molecule has 0 aromatic heterocycles. The van der Waals surface area contributed by atoms with Gasteiger partial charge >= 0.3 is 0 Å². The van der Waals surface area contributed by atoms with Crippen LogP contribution in [0, 0.1) is 0 Å². The molecular formula is C3H8Cl2NPS. The van der Waals surface area contributed by atoms with Crippen molar-refractivity contribution in [3.8, 4) is 0 Å². The molecule has 0 spiro atoms. The number of nitrogens with one attached hydrogen (secondary N) is 1. The summed E-state index contributed by atoms with van der Waals surface area (Å²) in [6, 6.07) is 0.274. The van der Waals surface area contributed by atoms with E-state index in [0.717, 1.165) is 0 Å². The maximum atomic E-state index is 5.51. The average molecular weight is 192 g/mol. The molecule has 50 valence electrons.